The maximum Gasteiger partial charge on any atom is 0.255 e. The van der Waals surface area contributed by atoms with Crippen LogP contribution in [0.4, 0.5) is 0 Å². The first kappa shape index (κ1) is 27.4. The fraction of sp³-hybridized carbons (Fsp3) is 0.154. The van der Waals surface area contributed by atoms with Crippen molar-refractivity contribution >= 4 is 45.3 Å². The van der Waals surface area contributed by atoms with E-state index >= 15 is 0 Å². The molecule has 0 aliphatic carbocycles. The van der Waals surface area contributed by atoms with Gasteiger partial charge in [-0.15, -0.1) is 0 Å². The summed E-state index contributed by atoms with van der Waals surface area (Å²) in [6, 6.07) is 18.3. The molecular weight excluding hydrogens is 521 g/mol. The fourth-order valence-electron chi connectivity index (χ4n) is 3.16. The van der Waals surface area contributed by atoms with E-state index in [0.29, 0.717) is 33.5 Å². The summed E-state index contributed by atoms with van der Waals surface area (Å²) in [6.07, 6.45) is 3.07. The molecule has 10 heteroatoms. The van der Waals surface area contributed by atoms with Crippen LogP contribution in [-0.2, 0) is 21.4 Å². The minimum Gasteiger partial charge on any atom is -0.490 e. The van der Waals surface area contributed by atoms with Gasteiger partial charge >= 0.3 is 0 Å². The molecule has 1 N–H and O–H groups in total. The molecule has 3 aromatic rings. The van der Waals surface area contributed by atoms with Crippen LogP contribution in [0.25, 0.3) is 0 Å². The predicted octanol–water partition coefficient (Wildman–Crippen LogP) is 5.21. The number of rotatable bonds is 11. The van der Waals surface area contributed by atoms with Crippen LogP contribution in [-0.4, -0.2) is 38.0 Å². The fourth-order valence-corrected chi connectivity index (χ4v) is 5.04. The zero-order valence-corrected chi connectivity index (χ0v) is 21.9. The Hall–Kier alpha value is -3.17. The zero-order valence-electron chi connectivity index (χ0n) is 19.5. The van der Waals surface area contributed by atoms with Gasteiger partial charge in [-0.05, 0) is 48.9 Å². The monoisotopic (exact) mass is 545 g/mol. The molecule has 1 amide bonds. The molecule has 0 heterocycles. The van der Waals surface area contributed by atoms with E-state index in [1.54, 1.807) is 60.7 Å². The van der Waals surface area contributed by atoms with Gasteiger partial charge in [-0.25, -0.2) is 13.8 Å². The Morgan fingerprint density at radius 2 is 1.75 bits per heavy atom. The van der Waals surface area contributed by atoms with E-state index in [9.17, 15) is 13.2 Å². The summed E-state index contributed by atoms with van der Waals surface area (Å²) in [5.41, 5.74) is 4.35. The molecule has 0 aromatic heterocycles. The molecule has 0 aliphatic heterocycles. The number of sulfonamides is 1. The van der Waals surface area contributed by atoms with Crippen molar-refractivity contribution < 1.29 is 17.9 Å². The van der Waals surface area contributed by atoms with E-state index in [1.165, 1.54) is 18.3 Å². The molecule has 0 saturated carbocycles. The SMILES string of the molecule is C=CCOc1cccc(/C=N\NC(=O)CN(Cc2c(Cl)cccc2Cl)S(=O)(=O)c2ccc(C)cc2)c1. The maximum absolute atomic E-state index is 13.4. The smallest absolute Gasteiger partial charge is 0.255 e. The highest BCUT2D eigenvalue weighted by molar-refractivity contribution is 7.89. The Balaban J connectivity index is 1.79. The van der Waals surface area contributed by atoms with Gasteiger partial charge in [-0.1, -0.05) is 71.8 Å². The molecule has 3 aromatic carbocycles. The van der Waals surface area contributed by atoms with E-state index in [4.69, 9.17) is 27.9 Å². The maximum atomic E-state index is 13.4. The van der Waals surface area contributed by atoms with E-state index in [2.05, 4.69) is 17.1 Å². The molecule has 0 aliphatic rings. The van der Waals surface area contributed by atoms with Gasteiger partial charge in [0.2, 0.25) is 10.0 Å². The Labute approximate surface area is 221 Å². The number of halogens is 2. The van der Waals surface area contributed by atoms with Gasteiger partial charge in [0.05, 0.1) is 17.7 Å². The van der Waals surface area contributed by atoms with Gasteiger partial charge in [0.25, 0.3) is 5.91 Å². The second-order valence-corrected chi connectivity index (χ2v) is 10.5. The molecule has 0 saturated heterocycles. The van der Waals surface area contributed by atoms with Crippen molar-refractivity contribution in [3.63, 3.8) is 0 Å². The highest BCUT2D eigenvalue weighted by Gasteiger charge is 2.28. The lowest BCUT2D eigenvalue weighted by Crippen LogP contribution is -2.39. The minimum absolute atomic E-state index is 0.0453. The number of carbonyl (C=O) groups is 1. The summed E-state index contributed by atoms with van der Waals surface area (Å²) in [7, 11) is -4.06. The second-order valence-electron chi connectivity index (χ2n) is 7.75. The van der Waals surface area contributed by atoms with E-state index < -0.39 is 22.5 Å². The van der Waals surface area contributed by atoms with Crippen molar-refractivity contribution in [2.75, 3.05) is 13.2 Å². The lowest BCUT2D eigenvalue weighted by molar-refractivity contribution is -0.121. The molecule has 0 fully saturated rings. The Morgan fingerprint density at radius 3 is 2.42 bits per heavy atom. The van der Waals surface area contributed by atoms with Crippen LogP contribution >= 0.6 is 23.2 Å². The third kappa shape index (κ3) is 7.41. The molecule has 0 atom stereocenters. The van der Waals surface area contributed by atoms with Crippen LogP contribution < -0.4 is 10.2 Å². The Kier molecular flexibility index (Phi) is 9.66. The van der Waals surface area contributed by atoms with Crippen molar-refractivity contribution in [2.24, 2.45) is 5.10 Å². The van der Waals surface area contributed by atoms with E-state index in [1.807, 2.05) is 6.92 Å². The lowest BCUT2D eigenvalue weighted by Gasteiger charge is -2.22. The third-order valence-corrected chi connectivity index (χ3v) is 7.52. The van der Waals surface area contributed by atoms with Crippen molar-refractivity contribution in [3.8, 4) is 5.75 Å². The highest BCUT2D eigenvalue weighted by atomic mass is 35.5. The van der Waals surface area contributed by atoms with Gasteiger partial charge in [-0.2, -0.15) is 9.41 Å². The van der Waals surface area contributed by atoms with Crippen LogP contribution in [0, 0.1) is 6.92 Å². The highest BCUT2D eigenvalue weighted by Crippen LogP contribution is 2.28. The van der Waals surface area contributed by atoms with Crippen molar-refractivity contribution in [1.82, 2.24) is 9.73 Å². The zero-order chi connectivity index (χ0) is 26.1. The molecule has 0 spiro atoms. The number of amides is 1. The van der Waals surface area contributed by atoms with Crippen LogP contribution in [0.2, 0.25) is 10.0 Å². The summed E-state index contributed by atoms with van der Waals surface area (Å²) >= 11 is 12.6. The number of nitrogens with zero attached hydrogens (tertiary/aromatic N) is 2. The molecule has 0 unspecified atom stereocenters. The molecule has 188 valence electrons. The quantitative estimate of drug-likeness (QED) is 0.203. The largest absolute Gasteiger partial charge is 0.490 e. The summed E-state index contributed by atoms with van der Waals surface area (Å²) in [5, 5.41) is 4.54. The number of hydrogen-bond acceptors (Lipinski definition) is 5. The number of aryl methyl sites for hydroxylation is 1. The molecule has 0 radical (unpaired) electrons. The van der Waals surface area contributed by atoms with Crippen LogP contribution in [0.1, 0.15) is 16.7 Å². The van der Waals surface area contributed by atoms with Crippen molar-refractivity contribution in [1.29, 1.82) is 0 Å². The van der Waals surface area contributed by atoms with Gasteiger partial charge in [-0.3, -0.25) is 4.79 Å². The van der Waals surface area contributed by atoms with Gasteiger partial charge in [0.1, 0.15) is 12.4 Å². The van der Waals surface area contributed by atoms with Crippen molar-refractivity contribution in [3.05, 3.63) is 106 Å². The molecule has 36 heavy (non-hydrogen) atoms. The first-order valence-corrected chi connectivity index (χ1v) is 13.1. The first-order chi connectivity index (χ1) is 17.2. The summed E-state index contributed by atoms with van der Waals surface area (Å²) in [5.74, 6) is -0.0127. The number of hydrogen-bond donors (Lipinski definition) is 1. The van der Waals surface area contributed by atoms with E-state index in [-0.39, 0.29) is 11.4 Å². The topological polar surface area (TPSA) is 88.1 Å². The lowest BCUT2D eigenvalue weighted by atomic mass is 10.2. The molecular formula is C26H25Cl2N3O4S. The van der Waals surface area contributed by atoms with Crippen LogP contribution in [0.15, 0.2) is 89.4 Å². The van der Waals surface area contributed by atoms with Crippen LogP contribution in [0.5, 0.6) is 5.75 Å². The second kappa shape index (κ2) is 12.7. The van der Waals surface area contributed by atoms with E-state index in [0.717, 1.165) is 9.87 Å². The average molecular weight is 546 g/mol. The van der Waals surface area contributed by atoms with Gasteiger partial charge < -0.3 is 4.74 Å². The third-order valence-electron chi connectivity index (χ3n) is 5.00. The normalized spacial score (nSPS) is 11.6. The van der Waals surface area contributed by atoms with Gasteiger partial charge in [0.15, 0.2) is 0 Å². The van der Waals surface area contributed by atoms with Crippen LogP contribution in [0.3, 0.4) is 0 Å². The molecule has 7 nitrogen and oxygen atoms in total. The van der Waals surface area contributed by atoms with Gasteiger partial charge in [0, 0.05) is 22.2 Å². The number of benzene rings is 3. The molecule has 3 rings (SSSR count). The summed E-state index contributed by atoms with van der Waals surface area (Å²) in [6.45, 7) is 5.12. The number of hydrazone groups is 1. The molecule has 0 bridgehead atoms. The average Bonchev–Trinajstić information content (AvgIpc) is 2.85. The Morgan fingerprint density at radius 1 is 1.08 bits per heavy atom. The number of nitrogens with one attached hydrogen (secondary N) is 1. The standard InChI is InChI=1S/C26H25Cl2N3O4S/c1-3-14-35-21-7-4-6-20(15-21)16-29-30-26(32)18-31(17-23-24(27)8-5-9-25(23)28)36(33,34)22-12-10-19(2)11-13-22/h3-13,15-16H,1,14,17-18H2,2H3,(H,30,32)/b29-16-. The first-order valence-electron chi connectivity index (χ1n) is 10.9. The predicted molar refractivity (Wildman–Crippen MR) is 143 cm³/mol. The summed E-state index contributed by atoms with van der Waals surface area (Å²) in [4.78, 5) is 12.8. The number of ether oxygens (including phenoxy) is 1. The summed E-state index contributed by atoms with van der Waals surface area (Å²) < 4.78 is 33.3. The Bertz CT molecular complexity index is 1340. The minimum atomic E-state index is -4.06. The number of carbonyl (C=O) groups excluding carboxylic acids is 1. The van der Waals surface area contributed by atoms with Crippen molar-refractivity contribution in [2.45, 2.75) is 18.4 Å².